The number of sulfonamides is 1. The van der Waals surface area contributed by atoms with Crippen molar-refractivity contribution in [2.45, 2.75) is 45.7 Å². The summed E-state index contributed by atoms with van der Waals surface area (Å²) in [5, 5.41) is 14.2. The molecule has 0 bridgehead atoms. The molecular formula is C25H34N4O7S. The zero-order valence-electron chi connectivity index (χ0n) is 21.7. The van der Waals surface area contributed by atoms with Gasteiger partial charge in [0.05, 0.1) is 18.3 Å². The maximum Gasteiger partial charge on any atom is 0.271 e. The first-order valence-corrected chi connectivity index (χ1v) is 13.7. The number of hydrogen-bond donors (Lipinski definition) is 1. The summed E-state index contributed by atoms with van der Waals surface area (Å²) in [7, 11) is -2.78. The van der Waals surface area contributed by atoms with Crippen LogP contribution in [0.4, 0.5) is 11.4 Å². The molecule has 1 N–H and O–H groups in total. The SMILES string of the molecule is CC[C@H](C)NC(=O)[C@@H](C)N(CCc1ccccc1)C(=O)CN(c1cc([N+](=O)[O-])ccc1OC)S(C)(=O)=O. The molecule has 2 atom stereocenters. The highest BCUT2D eigenvalue weighted by atomic mass is 32.2. The molecule has 0 radical (unpaired) electrons. The topological polar surface area (TPSA) is 139 Å². The van der Waals surface area contributed by atoms with Gasteiger partial charge in [0, 0.05) is 24.7 Å². The normalized spacial score (nSPS) is 12.8. The van der Waals surface area contributed by atoms with Crippen LogP contribution in [0.2, 0.25) is 0 Å². The summed E-state index contributed by atoms with van der Waals surface area (Å²) in [6, 6.07) is 11.9. The van der Waals surface area contributed by atoms with Crippen LogP contribution in [-0.4, -0.2) is 68.6 Å². The molecule has 0 spiro atoms. The number of hydrogen-bond acceptors (Lipinski definition) is 7. The third-order valence-electron chi connectivity index (χ3n) is 5.97. The first kappa shape index (κ1) is 29.6. The highest BCUT2D eigenvalue weighted by molar-refractivity contribution is 7.92. The van der Waals surface area contributed by atoms with Crippen molar-refractivity contribution >= 4 is 33.2 Å². The minimum Gasteiger partial charge on any atom is -0.495 e. The predicted octanol–water partition coefficient (Wildman–Crippen LogP) is 2.74. The Kier molecular flexibility index (Phi) is 10.4. The van der Waals surface area contributed by atoms with Crippen LogP contribution in [0.1, 0.15) is 32.8 Å². The molecule has 11 nitrogen and oxygen atoms in total. The largest absolute Gasteiger partial charge is 0.495 e. The van der Waals surface area contributed by atoms with E-state index in [-0.39, 0.29) is 35.6 Å². The van der Waals surface area contributed by atoms with Gasteiger partial charge in [-0.1, -0.05) is 37.3 Å². The van der Waals surface area contributed by atoms with Crippen LogP contribution in [0.25, 0.3) is 0 Å². The number of amides is 2. The van der Waals surface area contributed by atoms with Gasteiger partial charge in [0.15, 0.2) is 0 Å². The smallest absolute Gasteiger partial charge is 0.271 e. The van der Waals surface area contributed by atoms with Gasteiger partial charge >= 0.3 is 0 Å². The van der Waals surface area contributed by atoms with E-state index in [0.717, 1.165) is 22.2 Å². The number of nitro groups is 1. The third-order valence-corrected chi connectivity index (χ3v) is 7.10. The molecule has 202 valence electrons. The van der Waals surface area contributed by atoms with Crippen molar-refractivity contribution in [2.24, 2.45) is 0 Å². The first-order valence-electron chi connectivity index (χ1n) is 11.8. The van der Waals surface area contributed by atoms with E-state index in [2.05, 4.69) is 5.32 Å². The highest BCUT2D eigenvalue weighted by Crippen LogP contribution is 2.33. The number of nitro benzene ring substituents is 1. The standard InChI is InChI=1S/C25H34N4O7S/c1-6-18(2)26-25(31)19(3)27(15-14-20-10-8-7-9-11-20)24(30)17-28(37(5,34)35)22-16-21(29(32)33)12-13-23(22)36-4/h7-13,16,18-19H,6,14-15,17H2,1-5H3,(H,26,31)/t18-,19+/m0/s1. The lowest BCUT2D eigenvalue weighted by molar-refractivity contribution is -0.384. The quantitative estimate of drug-likeness (QED) is 0.308. The molecule has 37 heavy (non-hydrogen) atoms. The molecule has 2 aromatic rings. The van der Waals surface area contributed by atoms with E-state index in [4.69, 9.17) is 4.74 Å². The van der Waals surface area contributed by atoms with Gasteiger partial charge in [0.2, 0.25) is 21.8 Å². The van der Waals surface area contributed by atoms with Crippen LogP contribution in [0.15, 0.2) is 48.5 Å². The molecule has 0 unspecified atom stereocenters. The van der Waals surface area contributed by atoms with E-state index in [1.54, 1.807) is 6.92 Å². The number of anilines is 1. The summed E-state index contributed by atoms with van der Waals surface area (Å²) in [6.45, 7) is 4.83. The van der Waals surface area contributed by atoms with Crippen LogP contribution in [0.5, 0.6) is 5.75 Å². The Balaban J connectivity index is 2.44. The van der Waals surface area contributed by atoms with Gasteiger partial charge in [0.25, 0.3) is 5.69 Å². The van der Waals surface area contributed by atoms with Crippen LogP contribution < -0.4 is 14.4 Å². The maximum atomic E-state index is 13.6. The fraction of sp³-hybridized carbons (Fsp3) is 0.440. The molecule has 0 saturated carbocycles. The maximum absolute atomic E-state index is 13.6. The van der Waals surface area contributed by atoms with E-state index in [1.165, 1.54) is 24.1 Å². The number of carbonyl (C=O) groups excluding carboxylic acids is 2. The lowest BCUT2D eigenvalue weighted by Crippen LogP contribution is -2.53. The summed E-state index contributed by atoms with van der Waals surface area (Å²) < 4.78 is 31.5. The van der Waals surface area contributed by atoms with Gasteiger partial charge in [-0.05, 0) is 38.3 Å². The number of carbonyl (C=O) groups is 2. The van der Waals surface area contributed by atoms with E-state index < -0.39 is 33.4 Å². The van der Waals surface area contributed by atoms with Crippen molar-refractivity contribution in [1.29, 1.82) is 0 Å². The highest BCUT2D eigenvalue weighted by Gasteiger charge is 2.32. The fourth-order valence-electron chi connectivity index (χ4n) is 3.62. The molecular weight excluding hydrogens is 500 g/mol. The molecule has 2 amide bonds. The average Bonchev–Trinajstić information content (AvgIpc) is 2.86. The second kappa shape index (κ2) is 13.0. The Labute approximate surface area is 217 Å². The second-order valence-corrected chi connectivity index (χ2v) is 10.6. The van der Waals surface area contributed by atoms with Crippen molar-refractivity contribution in [2.75, 3.05) is 30.8 Å². The van der Waals surface area contributed by atoms with Gasteiger partial charge in [-0.15, -0.1) is 0 Å². The van der Waals surface area contributed by atoms with Crippen LogP contribution in [0, 0.1) is 10.1 Å². The molecule has 2 aromatic carbocycles. The van der Waals surface area contributed by atoms with Crippen molar-refractivity contribution in [3.63, 3.8) is 0 Å². The van der Waals surface area contributed by atoms with Crippen molar-refractivity contribution in [3.05, 3.63) is 64.2 Å². The molecule has 0 aliphatic rings. The number of benzene rings is 2. The van der Waals surface area contributed by atoms with Crippen LogP contribution >= 0.6 is 0 Å². The summed E-state index contributed by atoms with van der Waals surface area (Å²) in [5.41, 5.74) is 0.432. The molecule has 0 aliphatic carbocycles. The van der Waals surface area contributed by atoms with E-state index in [9.17, 15) is 28.1 Å². The van der Waals surface area contributed by atoms with Gasteiger partial charge in [0.1, 0.15) is 24.0 Å². The van der Waals surface area contributed by atoms with Gasteiger partial charge in [-0.2, -0.15) is 0 Å². The number of rotatable bonds is 13. The number of ether oxygens (including phenoxy) is 1. The van der Waals surface area contributed by atoms with E-state index in [0.29, 0.717) is 12.8 Å². The van der Waals surface area contributed by atoms with Crippen LogP contribution in [-0.2, 0) is 26.0 Å². The molecule has 0 heterocycles. The number of methoxy groups -OCH3 is 1. The molecule has 2 rings (SSSR count). The zero-order chi connectivity index (χ0) is 27.8. The van der Waals surface area contributed by atoms with Crippen molar-refractivity contribution in [3.8, 4) is 5.75 Å². The second-order valence-electron chi connectivity index (χ2n) is 8.70. The molecule has 0 saturated heterocycles. The lowest BCUT2D eigenvalue weighted by Gasteiger charge is -2.32. The fourth-order valence-corrected chi connectivity index (χ4v) is 4.46. The molecule has 0 aliphatic heterocycles. The summed E-state index contributed by atoms with van der Waals surface area (Å²) in [5.74, 6) is -0.960. The minimum atomic E-state index is -4.07. The average molecular weight is 535 g/mol. The summed E-state index contributed by atoms with van der Waals surface area (Å²) in [4.78, 5) is 38.5. The molecule has 0 aromatic heterocycles. The van der Waals surface area contributed by atoms with E-state index in [1.807, 2.05) is 44.2 Å². The zero-order valence-corrected chi connectivity index (χ0v) is 22.5. The first-order chi connectivity index (χ1) is 17.4. The summed E-state index contributed by atoms with van der Waals surface area (Å²) in [6.07, 6.45) is 2.03. The van der Waals surface area contributed by atoms with Gasteiger partial charge in [-0.3, -0.25) is 24.0 Å². The number of non-ortho nitro benzene ring substituents is 1. The minimum absolute atomic E-state index is 0.0437. The lowest BCUT2D eigenvalue weighted by atomic mass is 10.1. The summed E-state index contributed by atoms with van der Waals surface area (Å²) >= 11 is 0. The Hall–Kier alpha value is -3.67. The third kappa shape index (κ3) is 8.17. The number of nitrogens with zero attached hydrogens (tertiary/aromatic N) is 3. The van der Waals surface area contributed by atoms with Gasteiger partial charge < -0.3 is 15.0 Å². The van der Waals surface area contributed by atoms with E-state index >= 15 is 0 Å². The molecule has 0 fully saturated rings. The Bertz CT molecular complexity index is 1200. The number of nitrogens with one attached hydrogen (secondary N) is 1. The Morgan fingerprint density at radius 3 is 2.32 bits per heavy atom. The molecule has 12 heteroatoms. The van der Waals surface area contributed by atoms with Crippen molar-refractivity contribution < 1.29 is 27.7 Å². The Morgan fingerprint density at radius 2 is 1.78 bits per heavy atom. The monoisotopic (exact) mass is 534 g/mol. The van der Waals surface area contributed by atoms with Crippen LogP contribution in [0.3, 0.4) is 0 Å². The van der Waals surface area contributed by atoms with Crippen molar-refractivity contribution in [1.82, 2.24) is 10.2 Å². The Morgan fingerprint density at radius 1 is 1.14 bits per heavy atom. The predicted molar refractivity (Wildman–Crippen MR) is 141 cm³/mol. The van der Waals surface area contributed by atoms with Gasteiger partial charge in [-0.25, -0.2) is 8.42 Å².